The lowest BCUT2D eigenvalue weighted by Crippen LogP contribution is -2.50. The molecule has 28 heavy (non-hydrogen) atoms. The van der Waals surface area contributed by atoms with Gasteiger partial charge in [-0.3, -0.25) is 9.69 Å². The predicted molar refractivity (Wildman–Crippen MR) is 108 cm³/mol. The minimum Gasteiger partial charge on any atom is -0.326 e. The Morgan fingerprint density at radius 1 is 0.964 bits per heavy atom. The lowest BCUT2D eigenvalue weighted by atomic mass is 10.1. The van der Waals surface area contributed by atoms with E-state index in [1.165, 1.54) is 13.0 Å². The van der Waals surface area contributed by atoms with E-state index < -0.39 is 0 Å². The molecule has 1 aliphatic rings. The third kappa shape index (κ3) is 5.53. The van der Waals surface area contributed by atoms with Crippen molar-refractivity contribution in [2.45, 2.75) is 13.3 Å². The molecule has 1 aliphatic heterocycles. The topological polar surface area (TPSA) is 64.7 Å². The molecule has 0 aliphatic carbocycles. The fourth-order valence-electron chi connectivity index (χ4n) is 3.23. The van der Waals surface area contributed by atoms with Crippen molar-refractivity contribution in [2.24, 2.45) is 0 Å². The van der Waals surface area contributed by atoms with Crippen LogP contribution in [-0.2, 0) is 11.2 Å². The number of rotatable bonds is 5. The molecule has 0 atom stereocenters. The zero-order valence-electron chi connectivity index (χ0n) is 16.0. The molecule has 3 rings (SSSR count). The minimum atomic E-state index is -0.165. The first-order valence-corrected chi connectivity index (χ1v) is 9.40. The first-order chi connectivity index (χ1) is 13.5. The Balaban J connectivity index is 1.46. The van der Waals surface area contributed by atoms with Crippen molar-refractivity contribution in [3.63, 3.8) is 0 Å². The molecule has 0 aromatic heterocycles. The number of anilines is 2. The molecule has 2 aromatic carbocycles. The molecule has 0 radical (unpaired) electrons. The van der Waals surface area contributed by atoms with Crippen molar-refractivity contribution in [3.05, 3.63) is 59.9 Å². The molecule has 0 spiro atoms. The van der Waals surface area contributed by atoms with Gasteiger partial charge in [0, 0.05) is 51.0 Å². The second kappa shape index (κ2) is 9.32. The fraction of sp³-hybridized carbons (Fsp3) is 0.333. The van der Waals surface area contributed by atoms with Gasteiger partial charge in [-0.1, -0.05) is 24.3 Å². The molecule has 2 aromatic rings. The Morgan fingerprint density at radius 3 is 2.32 bits per heavy atom. The first-order valence-electron chi connectivity index (χ1n) is 9.40. The monoisotopic (exact) mass is 384 g/mol. The van der Waals surface area contributed by atoms with Crippen LogP contribution >= 0.6 is 0 Å². The molecule has 3 amide bonds. The van der Waals surface area contributed by atoms with Crippen LogP contribution in [0.5, 0.6) is 0 Å². The van der Waals surface area contributed by atoms with Gasteiger partial charge in [-0.15, -0.1) is 0 Å². The number of hydrogen-bond acceptors (Lipinski definition) is 3. The number of amides is 3. The van der Waals surface area contributed by atoms with Crippen LogP contribution in [0.4, 0.5) is 20.6 Å². The number of carbonyl (C=O) groups excluding carboxylic acids is 2. The molecular weight excluding hydrogens is 359 g/mol. The van der Waals surface area contributed by atoms with Gasteiger partial charge in [0.15, 0.2) is 0 Å². The van der Waals surface area contributed by atoms with Gasteiger partial charge in [-0.25, -0.2) is 9.18 Å². The van der Waals surface area contributed by atoms with Gasteiger partial charge in [0.05, 0.1) is 0 Å². The minimum absolute atomic E-state index is 0.157. The molecule has 0 unspecified atom stereocenters. The summed E-state index contributed by atoms with van der Waals surface area (Å²) >= 11 is 0. The highest BCUT2D eigenvalue weighted by Crippen LogP contribution is 2.16. The second-order valence-electron chi connectivity index (χ2n) is 6.86. The Kier molecular flexibility index (Phi) is 6.60. The molecule has 1 heterocycles. The number of halogens is 1. The van der Waals surface area contributed by atoms with Gasteiger partial charge in [-0.05, 0) is 36.2 Å². The predicted octanol–water partition coefficient (Wildman–Crippen LogP) is 3.18. The van der Waals surface area contributed by atoms with Crippen LogP contribution in [0.1, 0.15) is 12.5 Å². The molecule has 0 bridgehead atoms. The van der Waals surface area contributed by atoms with Crippen LogP contribution < -0.4 is 10.6 Å². The summed E-state index contributed by atoms with van der Waals surface area (Å²) in [7, 11) is 0. The van der Waals surface area contributed by atoms with E-state index in [1.54, 1.807) is 35.2 Å². The zero-order valence-corrected chi connectivity index (χ0v) is 16.0. The van der Waals surface area contributed by atoms with Crippen LogP contribution in [0.3, 0.4) is 0 Å². The van der Waals surface area contributed by atoms with Crippen LogP contribution in [0.25, 0.3) is 0 Å². The summed E-state index contributed by atoms with van der Waals surface area (Å²) in [6.45, 7) is 4.97. The molecule has 1 fully saturated rings. The summed E-state index contributed by atoms with van der Waals surface area (Å²) < 4.78 is 13.7. The van der Waals surface area contributed by atoms with Gasteiger partial charge in [0.1, 0.15) is 5.82 Å². The molecule has 148 valence electrons. The number of urea groups is 1. The summed E-state index contributed by atoms with van der Waals surface area (Å²) in [4.78, 5) is 27.7. The highest BCUT2D eigenvalue weighted by molar-refractivity contribution is 5.92. The fourth-order valence-corrected chi connectivity index (χ4v) is 3.23. The first kappa shape index (κ1) is 19.8. The normalized spacial score (nSPS) is 14.6. The Morgan fingerprint density at radius 2 is 1.64 bits per heavy atom. The Labute approximate surface area is 164 Å². The largest absolute Gasteiger partial charge is 0.326 e. The van der Waals surface area contributed by atoms with Crippen LogP contribution in [0.15, 0.2) is 48.5 Å². The van der Waals surface area contributed by atoms with Crippen molar-refractivity contribution in [3.8, 4) is 0 Å². The van der Waals surface area contributed by atoms with Gasteiger partial charge < -0.3 is 15.5 Å². The van der Waals surface area contributed by atoms with E-state index in [-0.39, 0.29) is 17.8 Å². The number of nitrogens with one attached hydrogen (secondary N) is 2. The lowest BCUT2D eigenvalue weighted by molar-refractivity contribution is -0.114. The standard InChI is InChI=1S/C21H25FN4O2/c1-16(27)23-18-6-4-7-19(15-18)24-21(28)26-13-11-25(12-14-26)10-9-17-5-2-3-8-20(17)22/h2-8,15H,9-14H2,1H3,(H,23,27)(H,24,28). The number of carbonyl (C=O) groups is 2. The molecule has 2 N–H and O–H groups in total. The van der Waals surface area contributed by atoms with Crippen molar-refractivity contribution in [1.82, 2.24) is 9.80 Å². The highest BCUT2D eigenvalue weighted by Gasteiger charge is 2.21. The molecule has 0 saturated carbocycles. The third-order valence-corrected chi connectivity index (χ3v) is 4.75. The molecule has 1 saturated heterocycles. The maximum Gasteiger partial charge on any atom is 0.321 e. The van der Waals surface area contributed by atoms with Crippen LogP contribution in [-0.4, -0.2) is 54.5 Å². The van der Waals surface area contributed by atoms with Crippen molar-refractivity contribution in [2.75, 3.05) is 43.4 Å². The van der Waals surface area contributed by atoms with Gasteiger partial charge >= 0.3 is 6.03 Å². The summed E-state index contributed by atoms with van der Waals surface area (Å²) in [6, 6.07) is 13.7. The van der Waals surface area contributed by atoms with Crippen LogP contribution in [0.2, 0.25) is 0 Å². The van der Waals surface area contributed by atoms with Crippen molar-refractivity contribution in [1.29, 1.82) is 0 Å². The lowest BCUT2D eigenvalue weighted by Gasteiger charge is -2.34. The average Bonchev–Trinajstić information content (AvgIpc) is 2.67. The van der Waals surface area contributed by atoms with E-state index in [1.807, 2.05) is 12.1 Å². The quantitative estimate of drug-likeness (QED) is 0.832. The molecule has 7 heteroatoms. The number of piperazine rings is 1. The molecular formula is C21H25FN4O2. The van der Waals surface area contributed by atoms with Gasteiger partial charge in [0.25, 0.3) is 0 Å². The number of benzene rings is 2. The SMILES string of the molecule is CC(=O)Nc1cccc(NC(=O)N2CCN(CCc3ccccc3F)CC2)c1. The number of nitrogens with zero attached hydrogens (tertiary/aromatic N) is 2. The molecule has 6 nitrogen and oxygen atoms in total. The second-order valence-corrected chi connectivity index (χ2v) is 6.86. The van der Waals surface area contributed by atoms with Gasteiger partial charge in [-0.2, -0.15) is 0 Å². The smallest absolute Gasteiger partial charge is 0.321 e. The van der Waals surface area contributed by atoms with E-state index in [0.29, 0.717) is 30.9 Å². The summed E-state index contributed by atoms with van der Waals surface area (Å²) in [5.74, 6) is -0.322. The summed E-state index contributed by atoms with van der Waals surface area (Å²) in [6.07, 6.45) is 0.662. The van der Waals surface area contributed by atoms with Crippen molar-refractivity contribution >= 4 is 23.3 Å². The van der Waals surface area contributed by atoms with E-state index in [9.17, 15) is 14.0 Å². The summed E-state index contributed by atoms with van der Waals surface area (Å²) in [5.41, 5.74) is 2.00. The number of hydrogen-bond donors (Lipinski definition) is 2. The van der Waals surface area contributed by atoms with Gasteiger partial charge in [0.2, 0.25) is 5.91 Å². The van der Waals surface area contributed by atoms with Crippen molar-refractivity contribution < 1.29 is 14.0 Å². The highest BCUT2D eigenvalue weighted by atomic mass is 19.1. The van der Waals surface area contributed by atoms with Crippen LogP contribution in [0, 0.1) is 5.82 Å². The van der Waals surface area contributed by atoms with E-state index in [0.717, 1.165) is 25.2 Å². The maximum absolute atomic E-state index is 13.7. The van der Waals surface area contributed by atoms with E-state index in [4.69, 9.17) is 0 Å². The third-order valence-electron chi connectivity index (χ3n) is 4.75. The van der Waals surface area contributed by atoms with E-state index in [2.05, 4.69) is 15.5 Å². The van der Waals surface area contributed by atoms with E-state index >= 15 is 0 Å². The summed E-state index contributed by atoms with van der Waals surface area (Å²) in [5, 5.41) is 5.57. The Hall–Kier alpha value is -2.93. The average molecular weight is 384 g/mol. The maximum atomic E-state index is 13.7. The zero-order chi connectivity index (χ0) is 19.9. The Bertz CT molecular complexity index is 835.